The highest BCUT2D eigenvalue weighted by atomic mass is 79.9. The molecule has 1 heterocycles. The molecule has 33 heavy (non-hydrogen) atoms. The fourth-order valence-corrected chi connectivity index (χ4v) is 4.78. The van der Waals surface area contributed by atoms with Crippen LogP contribution in [0.2, 0.25) is 0 Å². The molecule has 4 aromatic rings. The molecule has 0 fully saturated rings. The SMILES string of the molecule is CC(C)c1nc2ccc(Br)cc2c(=O)n1N=Cc1cccc(OCc2ccc(Br)cc2Br)c1. The summed E-state index contributed by atoms with van der Waals surface area (Å²) in [5.74, 6) is 1.35. The number of halogens is 3. The maximum absolute atomic E-state index is 13.2. The van der Waals surface area contributed by atoms with E-state index in [-0.39, 0.29) is 11.5 Å². The average molecular weight is 634 g/mol. The molecule has 5 nitrogen and oxygen atoms in total. The zero-order valence-electron chi connectivity index (χ0n) is 17.9. The van der Waals surface area contributed by atoms with Crippen LogP contribution in [0, 0.1) is 0 Å². The van der Waals surface area contributed by atoms with Crippen LogP contribution >= 0.6 is 47.8 Å². The van der Waals surface area contributed by atoms with Crippen molar-refractivity contribution in [1.29, 1.82) is 0 Å². The number of benzene rings is 3. The van der Waals surface area contributed by atoms with Crippen LogP contribution in [0.15, 0.2) is 84.0 Å². The highest BCUT2D eigenvalue weighted by Crippen LogP contribution is 2.24. The monoisotopic (exact) mass is 631 g/mol. The van der Waals surface area contributed by atoms with Crippen molar-refractivity contribution in [3.8, 4) is 5.75 Å². The number of ether oxygens (including phenoxy) is 1. The second kappa shape index (κ2) is 10.3. The zero-order chi connectivity index (χ0) is 23.5. The first-order valence-electron chi connectivity index (χ1n) is 10.2. The number of nitrogens with zero attached hydrogens (tertiary/aromatic N) is 3. The van der Waals surface area contributed by atoms with Gasteiger partial charge in [0.05, 0.1) is 17.1 Å². The average Bonchev–Trinajstić information content (AvgIpc) is 2.78. The predicted molar refractivity (Wildman–Crippen MR) is 143 cm³/mol. The van der Waals surface area contributed by atoms with Crippen LogP contribution in [0.5, 0.6) is 5.75 Å². The lowest BCUT2D eigenvalue weighted by Gasteiger charge is -2.12. The molecule has 0 aliphatic heterocycles. The van der Waals surface area contributed by atoms with E-state index in [0.29, 0.717) is 29.1 Å². The molecule has 0 N–H and O–H groups in total. The molecular weight excluding hydrogens is 614 g/mol. The maximum atomic E-state index is 13.2. The molecule has 8 heteroatoms. The minimum absolute atomic E-state index is 0.0296. The van der Waals surface area contributed by atoms with E-state index in [1.54, 1.807) is 12.3 Å². The molecule has 0 saturated carbocycles. The smallest absolute Gasteiger partial charge is 0.282 e. The van der Waals surface area contributed by atoms with Crippen LogP contribution in [-0.2, 0) is 6.61 Å². The number of fused-ring (bicyclic) bond motifs is 1. The summed E-state index contributed by atoms with van der Waals surface area (Å²) in [6.45, 7) is 4.41. The van der Waals surface area contributed by atoms with Gasteiger partial charge in [-0.15, -0.1) is 0 Å². The van der Waals surface area contributed by atoms with E-state index >= 15 is 0 Å². The Hall–Kier alpha value is -2.29. The van der Waals surface area contributed by atoms with Gasteiger partial charge in [0.2, 0.25) is 0 Å². The molecule has 0 radical (unpaired) electrons. The molecule has 4 rings (SSSR count). The number of aromatic nitrogens is 2. The van der Waals surface area contributed by atoms with Crippen LogP contribution in [0.4, 0.5) is 0 Å². The van der Waals surface area contributed by atoms with Gasteiger partial charge >= 0.3 is 0 Å². The first-order chi connectivity index (χ1) is 15.8. The molecule has 0 aliphatic carbocycles. The lowest BCUT2D eigenvalue weighted by molar-refractivity contribution is 0.305. The van der Waals surface area contributed by atoms with E-state index in [1.807, 2.05) is 68.4 Å². The Labute approximate surface area is 216 Å². The zero-order valence-corrected chi connectivity index (χ0v) is 22.7. The summed E-state index contributed by atoms with van der Waals surface area (Å²) < 4.78 is 10.2. The van der Waals surface area contributed by atoms with Crippen LogP contribution in [0.3, 0.4) is 0 Å². The summed E-state index contributed by atoms with van der Waals surface area (Å²) >= 11 is 10.4. The molecule has 0 bridgehead atoms. The van der Waals surface area contributed by atoms with Crippen molar-refractivity contribution in [2.75, 3.05) is 0 Å². The molecular formula is C25H20Br3N3O2. The highest BCUT2D eigenvalue weighted by Gasteiger charge is 2.13. The second-order valence-corrected chi connectivity index (χ2v) is 10.4. The van der Waals surface area contributed by atoms with Crippen LogP contribution in [0.25, 0.3) is 10.9 Å². The Morgan fingerprint density at radius 2 is 1.79 bits per heavy atom. The van der Waals surface area contributed by atoms with E-state index in [4.69, 9.17) is 4.74 Å². The lowest BCUT2D eigenvalue weighted by atomic mass is 10.2. The maximum Gasteiger partial charge on any atom is 0.282 e. The summed E-state index contributed by atoms with van der Waals surface area (Å²) in [5, 5.41) is 5.01. The van der Waals surface area contributed by atoms with Gasteiger partial charge in [-0.3, -0.25) is 4.79 Å². The van der Waals surface area contributed by atoms with Crippen LogP contribution in [0.1, 0.15) is 36.7 Å². The predicted octanol–water partition coefficient (Wildman–Crippen LogP) is 7.27. The first kappa shape index (κ1) is 23.9. The molecule has 3 aromatic carbocycles. The Kier molecular flexibility index (Phi) is 7.46. The third-order valence-corrected chi connectivity index (χ3v) is 6.66. The van der Waals surface area contributed by atoms with Gasteiger partial charge in [0.1, 0.15) is 18.2 Å². The second-order valence-electron chi connectivity index (χ2n) is 7.74. The summed E-state index contributed by atoms with van der Waals surface area (Å²) in [5.41, 5.74) is 2.32. The summed E-state index contributed by atoms with van der Waals surface area (Å²) in [6.07, 6.45) is 1.65. The van der Waals surface area contributed by atoms with Gasteiger partial charge < -0.3 is 4.74 Å². The van der Waals surface area contributed by atoms with E-state index in [2.05, 4.69) is 57.9 Å². The van der Waals surface area contributed by atoms with E-state index < -0.39 is 0 Å². The van der Waals surface area contributed by atoms with Crippen molar-refractivity contribution in [1.82, 2.24) is 9.66 Å². The van der Waals surface area contributed by atoms with Crippen molar-refractivity contribution < 1.29 is 4.74 Å². The topological polar surface area (TPSA) is 56.5 Å². The van der Waals surface area contributed by atoms with Crippen molar-refractivity contribution in [3.63, 3.8) is 0 Å². The molecule has 0 atom stereocenters. The molecule has 0 unspecified atom stereocenters. The third kappa shape index (κ3) is 5.62. The molecule has 0 amide bonds. The van der Waals surface area contributed by atoms with Crippen molar-refractivity contribution >= 4 is 64.9 Å². The van der Waals surface area contributed by atoms with Crippen molar-refractivity contribution in [2.24, 2.45) is 5.10 Å². The van der Waals surface area contributed by atoms with Gasteiger partial charge in [-0.1, -0.05) is 79.8 Å². The standard InChI is InChI=1S/C25H20Br3N3O2/c1-15(2)24-30-23-9-8-18(26)11-21(23)25(32)31(24)29-13-16-4-3-5-20(10-16)33-14-17-6-7-19(27)12-22(17)28/h3-13,15H,14H2,1-2H3. The Balaban J connectivity index is 1.62. The fraction of sp³-hybridized carbons (Fsp3) is 0.160. The van der Waals surface area contributed by atoms with Crippen LogP contribution in [-0.4, -0.2) is 15.9 Å². The van der Waals surface area contributed by atoms with Gasteiger partial charge in [0.15, 0.2) is 0 Å². The van der Waals surface area contributed by atoms with Crippen LogP contribution < -0.4 is 10.3 Å². The van der Waals surface area contributed by atoms with E-state index in [9.17, 15) is 4.79 Å². The quantitative estimate of drug-likeness (QED) is 0.210. The van der Waals surface area contributed by atoms with Gasteiger partial charge in [-0.05, 0) is 48.0 Å². The van der Waals surface area contributed by atoms with E-state index in [0.717, 1.165) is 24.5 Å². The molecule has 0 saturated heterocycles. The molecule has 0 aliphatic rings. The minimum atomic E-state index is -0.200. The van der Waals surface area contributed by atoms with Gasteiger partial charge in [-0.2, -0.15) is 9.78 Å². The third-order valence-electron chi connectivity index (χ3n) is 4.94. The normalized spacial score (nSPS) is 11.6. The summed E-state index contributed by atoms with van der Waals surface area (Å²) in [4.78, 5) is 17.8. The van der Waals surface area contributed by atoms with Gasteiger partial charge in [-0.25, -0.2) is 4.98 Å². The number of hydrogen-bond donors (Lipinski definition) is 0. The van der Waals surface area contributed by atoms with Crippen molar-refractivity contribution in [3.05, 3.63) is 101 Å². The van der Waals surface area contributed by atoms with Gasteiger partial charge in [0, 0.05) is 24.9 Å². The largest absolute Gasteiger partial charge is 0.489 e. The Bertz CT molecular complexity index is 1410. The molecule has 168 valence electrons. The minimum Gasteiger partial charge on any atom is -0.489 e. The first-order valence-corrected chi connectivity index (χ1v) is 12.6. The Morgan fingerprint density at radius 1 is 1.03 bits per heavy atom. The number of hydrogen-bond acceptors (Lipinski definition) is 4. The Morgan fingerprint density at radius 3 is 2.55 bits per heavy atom. The highest BCUT2D eigenvalue weighted by molar-refractivity contribution is 9.11. The van der Waals surface area contributed by atoms with E-state index in [1.165, 1.54) is 4.68 Å². The summed E-state index contributed by atoms with van der Waals surface area (Å²) in [7, 11) is 0. The molecule has 1 aromatic heterocycles. The number of rotatable bonds is 6. The fourth-order valence-electron chi connectivity index (χ4n) is 3.26. The molecule has 0 spiro atoms. The summed E-state index contributed by atoms with van der Waals surface area (Å²) in [6, 6.07) is 19.1. The van der Waals surface area contributed by atoms with Gasteiger partial charge in [0.25, 0.3) is 5.56 Å². The lowest BCUT2D eigenvalue weighted by Crippen LogP contribution is -2.23. The van der Waals surface area contributed by atoms with Crippen molar-refractivity contribution in [2.45, 2.75) is 26.4 Å².